The van der Waals surface area contributed by atoms with Gasteiger partial charge in [0.1, 0.15) is 17.8 Å². The van der Waals surface area contributed by atoms with Crippen molar-refractivity contribution in [1.82, 2.24) is 0 Å². The van der Waals surface area contributed by atoms with Crippen LogP contribution in [0.4, 0.5) is 0 Å². The van der Waals surface area contributed by atoms with E-state index in [2.05, 4.69) is 27.7 Å². The second kappa shape index (κ2) is 7.29. The number of ketones is 1. The summed E-state index contributed by atoms with van der Waals surface area (Å²) in [6.45, 7) is 11.0. The van der Waals surface area contributed by atoms with Gasteiger partial charge in [0, 0.05) is 12.0 Å². The highest BCUT2D eigenvalue weighted by atomic mass is 16.6. The van der Waals surface area contributed by atoms with Crippen molar-refractivity contribution in [3.63, 3.8) is 0 Å². The molecule has 34 heavy (non-hydrogen) atoms. The number of carbonyl (C=O) groups is 2. The molecule has 5 nitrogen and oxygen atoms in total. The van der Waals surface area contributed by atoms with Gasteiger partial charge in [0.15, 0.2) is 5.78 Å². The zero-order chi connectivity index (χ0) is 24.2. The van der Waals surface area contributed by atoms with Crippen LogP contribution >= 0.6 is 0 Å². The molecule has 186 valence electrons. The quantitative estimate of drug-likeness (QED) is 0.477. The van der Waals surface area contributed by atoms with Crippen LogP contribution in [0.5, 0.6) is 0 Å². The van der Waals surface area contributed by atoms with E-state index in [4.69, 9.17) is 9.47 Å². The third-order valence-electron chi connectivity index (χ3n) is 11.8. The van der Waals surface area contributed by atoms with Gasteiger partial charge >= 0.3 is 5.97 Å². The summed E-state index contributed by atoms with van der Waals surface area (Å²) >= 11 is 0. The summed E-state index contributed by atoms with van der Waals surface area (Å²) in [4.78, 5) is 25.9. The fraction of sp³-hybridized carbons (Fsp3) is 0.793. The molecule has 0 bridgehead atoms. The third-order valence-corrected chi connectivity index (χ3v) is 11.8. The first-order valence-electron chi connectivity index (χ1n) is 13.6. The van der Waals surface area contributed by atoms with E-state index in [0.717, 1.165) is 44.1 Å². The predicted octanol–water partition coefficient (Wildman–Crippen LogP) is 4.77. The van der Waals surface area contributed by atoms with E-state index >= 15 is 0 Å². The standard InChI is InChI=1S/C29H40O5/c1-6-17-15(2)13-22(33-26(17)32)16(3)19-7-8-20-18-14-25-29(34-25)24(31)10-9-23(30)28(29,5)21(18)11-12-27(19,20)4/h9-10,16,18-22,24-25,31H,6-8,11-14H2,1-5H3. The highest BCUT2D eigenvalue weighted by molar-refractivity contribution is 5.98. The van der Waals surface area contributed by atoms with Crippen molar-refractivity contribution in [2.45, 2.75) is 103 Å². The Balaban J connectivity index is 1.27. The largest absolute Gasteiger partial charge is 0.458 e. The SMILES string of the molecule is CCC1=C(C)CC(C(C)C2CCC3C4CC5OC56C(O)C=CC(=O)C6(C)C4CCC23C)OC1=O. The highest BCUT2D eigenvalue weighted by Gasteiger charge is 2.80. The third kappa shape index (κ3) is 2.64. The molecule has 1 N–H and O–H groups in total. The Bertz CT molecular complexity index is 996. The first-order chi connectivity index (χ1) is 16.1. The second-order valence-corrected chi connectivity index (χ2v) is 12.7. The number of rotatable bonds is 3. The van der Waals surface area contributed by atoms with Crippen LogP contribution in [-0.4, -0.2) is 40.8 Å². The Morgan fingerprint density at radius 1 is 1.18 bits per heavy atom. The number of ether oxygens (including phenoxy) is 2. The van der Waals surface area contributed by atoms with Crippen LogP contribution in [-0.2, 0) is 19.1 Å². The number of allylic oxidation sites excluding steroid dienone is 1. The number of hydrogen-bond acceptors (Lipinski definition) is 5. The van der Waals surface area contributed by atoms with Gasteiger partial charge in [0.25, 0.3) is 0 Å². The number of hydrogen-bond donors (Lipinski definition) is 1. The lowest BCUT2D eigenvalue weighted by Crippen LogP contribution is -2.63. The van der Waals surface area contributed by atoms with Crippen molar-refractivity contribution in [2.24, 2.45) is 40.4 Å². The van der Waals surface area contributed by atoms with Crippen LogP contribution in [0.3, 0.4) is 0 Å². The first kappa shape index (κ1) is 23.0. The van der Waals surface area contributed by atoms with E-state index in [-0.39, 0.29) is 35.3 Å². The van der Waals surface area contributed by atoms with Crippen LogP contribution in [0.15, 0.2) is 23.3 Å². The molecule has 11 unspecified atom stereocenters. The molecule has 0 aromatic rings. The number of esters is 1. The molecule has 0 amide bonds. The summed E-state index contributed by atoms with van der Waals surface area (Å²) in [5, 5.41) is 10.8. The molecule has 2 aliphatic heterocycles. The predicted molar refractivity (Wildman–Crippen MR) is 128 cm³/mol. The molecular formula is C29H40O5. The molecule has 6 rings (SSSR count). The Kier molecular flexibility index (Phi) is 4.92. The maximum Gasteiger partial charge on any atom is 0.334 e. The summed E-state index contributed by atoms with van der Waals surface area (Å²) in [5.74, 6) is 2.12. The Morgan fingerprint density at radius 2 is 1.94 bits per heavy atom. The fourth-order valence-corrected chi connectivity index (χ4v) is 9.94. The number of epoxide rings is 1. The molecular weight excluding hydrogens is 428 g/mol. The minimum atomic E-state index is -0.698. The zero-order valence-electron chi connectivity index (χ0n) is 21.3. The van der Waals surface area contributed by atoms with Gasteiger partial charge in [-0.3, -0.25) is 4.79 Å². The van der Waals surface area contributed by atoms with Crippen LogP contribution in [0, 0.1) is 40.4 Å². The monoisotopic (exact) mass is 468 g/mol. The van der Waals surface area contributed by atoms with Gasteiger partial charge in [0.05, 0.1) is 11.5 Å². The van der Waals surface area contributed by atoms with Gasteiger partial charge in [-0.15, -0.1) is 0 Å². The van der Waals surface area contributed by atoms with E-state index in [1.807, 2.05) is 6.92 Å². The van der Waals surface area contributed by atoms with Gasteiger partial charge in [0.2, 0.25) is 0 Å². The molecule has 4 fully saturated rings. The van der Waals surface area contributed by atoms with Crippen molar-refractivity contribution in [2.75, 3.05) is 0 Å². The normalized spacial score (nSPS) is 52.4. The van der Waals surface area contributed by atoms with Crippen LogP contribution in [0.1, 0.15) is 79.6 Å². The summed E-state index contributed by atoms with van der Waals surface area (Å²) in [5.41, 5.74) is 0.917. The number of fused-ring (bicyclic) bond motifs is 4. The van der Waals surface area contributed by atoms with E-state index in [0.29, 0.717) is 23.7 Å². The second-order valence-electron chi connectivity index (χ2n) is 12.7. The summed E-state index contributed by atoms with van der Waals surface area (Å²) in [7, 11) is 0. The Hall–Kier alpha value is -1.46. The molecule has 1 saturated heterocycles. The molecule has 0 radical (unpaired) electrons. The average Bonchev–Trinajstić information content (AvgIpc) is 3.43. The van der Waals surface area contributed by atoms with Gasteiger partial charge in [-0.05, 0) is 99.5 Å². The first-order valence-corrected chi connectivity index (χ1v) is 13.6. The molecule has 11 atom stereocenters. The summed E-state index contributed by atoms with van der Waals surface area (Å²) in [6, 6.07) is 0. The highest BCUT2D eigenvalue weighted by Crippen LogP contribution is 2.73. The Labute approximate surface area is 203 Å². The molecule has 0 aromatic heterocycles. The summed E-state index contributed by atoms with van der Waals surface area (Å²) in [6.07, 6.45) is 9.51. The lowest BCUT2D eigenvalue weighted by Gasteiger charge is -2.58. The van der Waals surface area contributed by atoms with Gasteiger partial charge in [-0.2, -0.15) is 0 Å². The molecule has 1 spiro atoms. The Morgan fingerprint density at radius 3 is 2.65 bits per heavy atom. The van der Waals surface area contributed by atoms with E-state index < -0.39 is 17.1 Å². The lowest BCUT2D eigenvalue weighted by molar-refractivity contribution is -0.155. The van der Waals surface area contributed by atoms with Crippen molar-refractivity contribution < 1.29 is 24.2 Å². The van der Waals surface area contributed by atoms with Crippen LogP contribution in [0.2, 0.25) is 0 Å². The topological polar surface area (TPSA) is 76.1 Å². The van der Waals surface area contributed by atoms with E-state index in [9.17, 15) is 14.7 Å². The molecule has 4 aliphatic carbocycles. The van der Waals surface area contributed by atoms with E-state index in [1.165, 1.54) is 12.0 Å². The smallest absolute Gasteiger partial charge is 0.334 e. The number of cyclic esters (lactones) is 1. The fourth-order valence-electron chi connectivity index (χ4n) is 9.94. The maximum atomic E-state index is 13.3. The van der Waals surface area contributed by atoms with Crippen LogP contribution < -0.4 is 0 Å². The van der Waals surface area contributed by atoms with Crippen molar-refractivity contribution in [3.8, 4) is 0 Å². The van der Waals surface area contributed by atoms with Gasteiger partial charge < -0.3 is 14.6 Å². The molecule has 0 aromatic carbocycles. The zero-order valence-corrected chi connectivity index (χ0v) is 21.3. The molecule has 6 aliphatic rings. The van der Waals surface area contributed by atoms with Crippen molar-refractivity contribution in [1.29, 1.82) is 0 Å². The summed E-state index contributed by atoms with van der Waals surface area (Å²) < 4.78 is 12.3. The maximum absolute atomic E-state index is 13.3. The molecule has 5 heteroatoms. The van der Waals surface area contributed by atoms with Gasteiger partial charge in [-0.1, -0.05) is 26.3 Å². The number of aliphatic hydroxyl groups excluding tert-OH is 1. The molecule has 2 heterocycles. The van der Waals surface area contributed by atoms with Crippen molar-refractivity contribution >= 4 is 11.8 Å². The van der Waals surface area contributed by atoms with E-state index in [1.54, 1.807) is 12.2 Å². The molecule has 3 saturated carbocycles. The van der Waals surface area contributed by atoms with Crippen molar-refractivity contribution in [3.05, 3.63) is 23.3 Å². The van der Waals surface area contributed by atoms with Gasteiger partial charge in [-0.25, -0.2) is 4.79 Å². The lowest BCUT2D eigenvalue weighted by atomic mass is 9.44. The minimum absolute atomic E-state index is 0.0129. The van der Waals surface area contributed by atoms with Crippen LogP contribution in [0.25, 0.3) is 0 Å². The minimum Gasteiger partial charge on any atom is -0.458 e. The average molecular weight is 469 g/mol. The number of aliphatic hydroxyl groups is 1. The number of carbonyl (C=O) groups excluding carboxylic acids is 2.